The molecule has 0 radical (unpaired) electrons. The predicted octanol–water partition coefficient (Wildman–Crippen LogP) is 3.21. The Morgan fingerprint density at radius 2 is 1.88 bits per heavy atom. The number of carbonyl (C=O) groups excluding carboxylic acids is 1. The molecule has 2 aromatic carbocycles. The summed E-state index contributed by atoms with van der Waals surface area (Å²) in [6.07, 6.45) is 0.379. The third-order valence-corrected chi connectivity index (χ3v) is 4.97. The van der Waals surface area contributed by atoms with Crippen molar-refractivity contribution < 1.29 is 4.79 Å². The van der Waals surface area contributed by atoms with E-state index in [1.165, 1.54) is 16.7 Å². The largest absolute Gasteiger partial charge is 0.339 e. The highest BCUT2D eigenvalue weighted by Gasteiger charge is 2.35. The van der Waals surface area contributed by atoms with Crippen molar-refractivity contribution in [3.05, 3.63) is 71.3 Å². The summed E-state index contributed by atoms with van der Waals surface area (Å²) in [6, 6.07) is 18.9. The van der Waals surface area contributed by atoms with Crippen molar-refractivity contribution in [2.24, 2.45) is 0 Å². The predicted molar refractivity (Wildman–Crippen MR) is 101 cm³/mol. The van der Waals surface area contributed by atoms with Crippen molar-refractivity contribution >= 4 is 5.91 Å². The molecule has 3 N–H and O–H groups in total. The minimum absolute atomic E-state index is 0.0717. The topological polar surface area (TPSA) is 53.2 Å². The molecule has 2 aromatic rings. The highest BCUT2D eigenvalue weighted by Crippen LogP contribution is 2.27. The summed E-state index contributed by atoms with van der Waals surface area (Å²) in [5.41, 5.74) is 10.2. The number of benzene rings is 2. The molecule has 132 valence electrons. The van der Waals surface area contributed by atoms with Gasteiger partial charge in [0, 0.05) is 18.4 Å². The average Bonchev–Trinajstić information content (AvgIpc) is 2.95. The molecule has 1 fully saturated rings. The number of carbonyl (C=O) groups is 1. The quantitative estimate of drug-likeness (QED) is 0.785. The monoisotopic (exact) mass is 337 g/mol. The van der Waals surface area contributed by atoms with Crippen molar-refractivity contribution in [1.82, 2.24) is 16.2 Å². The van der Waals surface area contributed by atoms with E-state index in [1.807, 2.05) is 18.2 Å². The zero-order valence-electron chi connectivity index (χ0n) is 15.1. The number of rotatable bonds is 5. The smallest absolute Gasteiger partial charge is 0.221 e. The lowest BCUT2D eigenvalue weighted by Crippen LogP contribution is -2.46. The second kappa shape index (κ2) is 7.81. The number of aryl methyl sites for hydroxylation is 1. The average molecular weight is 337 g/mol. The Hall–Kier alpha value is -2.17. The van der Waals surface area contributed by atoms with Gasteiger partial charge in [0.2, 0.25) is 5.91 Å². The first-order valence-corrected chi connectivity index (χ1v) is 8.96. The maximum atomic E-state index is 12.6. The number of hydrogen-bond acceptors (Lipinski definition) is 3. The van der Waals surface area contributed by atoms with E-state index in [0.29, 0.717) is 6.42 Å². The summed E-state index contributed by atoms with van der Waals surface area (Å²) >= 11 is 0. The van der Waals surface area contributed by atoms with Crippen LogP contribution in [-0.4, -0.2) is 18.1 Å². The van der Waals surface area contributed by atoms with Crippen LogP contribution in [0.5, 0.6) is 0 Å². The fraction of sp³-hybridized carbons (Fsp3) is 0.381. The molecule has 0 spiro atoms. The Morgan fingerprint density at radius 1 is 1.12 bits per heavy atom. The van der Waals surface area contributed by atoms with Crippen LogP contribution >= 0.6 is 0 Å². The standard InChI is InChI=1S/C21H27N3O/c1-14-8-7-11-18(12-14)20-16(3)23-24-21(20)22-19(25)13-15(2)17-9-5-4-6-10-17/h4-12,15-16,20-21,23-24H,13H2,1-3H3,(H,22,25). The molecule has 4 nitrogen and oxygen atoms in total. The summed E-state index contributed by atoms with van der Waals surface area (Å²) in [7, 11) is 0. The first-order valence-electron chi connectivity index (χ1n) is 8.96. The van der Waals surface area contributed by atoms with E-state index in [-0.39, 0.29) is 30.0 Å². The molecule has 0 bridgehead atoms. The van der Waals surface area contributed by atoms with E-state index in [0.717, 1.165) is 0 Å². The zero-order valence-corrected chi connectivity index (χ0v) is 15.1. The van der Waals surface area contributed by atoms with Gasteiger partial charge in [0.05, 0.1) is 0 Å². The summed E-state index contributed by atoms with van der Waals surface area (Å²) in [4.78, 5) is 12.6. The minimum Gasteiger partial charge on any atom is -0.339 e. The van der Waals surface area contributed by atoms with E-state index < -0.39 is 0 Å². The Kier molecular flexibility index (Phi) is 5.51. The molecule has 1 aliphatic heterocycles. The third kappa shape index (κ3) is 4.27. The van der Waals surface area contributed by atoms with E-state index in [9.17, 15) is 4.79 Å². The van der Waals surface area contributed by atoms with E-state index >= 15 is 0 Å². The molecular weight excluding hydrogens is 310 g/mol. The fourth-order valence-electron chi connectivity index (χ4n) is 3.58. The van der Waals surface area contributed by atoms with Crippen molar-refractivity contribution in [1.29, 1.82) is 0 Å². The fourth-order valence-corrected chi connectivity index (χ4v) is 3.58. The van der Waals surface area contributed by atoms with Crippen LogP contribution in [0, 0.1) is 6.92 Å². The lowest BCUT2D eigenvalue weighted by molar-refractivity contribution is -0.122. The van der Waals surface area contributed by atoms with Gasteiger partial charge in [0.15, 0.2) is 0 Å². The van der Waals surface area contributed by atoms with Crippen molar-refractivity contribution in [2.75, 3.05) is 0 Å². The molecule has 0 aliphatic carbocycles. The van der Waals surface area contributed by atoms with Gasteiger partial charge in [0.25, 0.3) is 0 Å². The second-order valence-corrected chi connectivity index (χ2v) is 7.08. The minimum atomic E-state index is -0.104. The molecule has 0 saturated carbocycles. The van der Waals surface area contributed by atoms with Crippen LogP contribution in [0.2, 0.25) is 0 Å². The normalized spacial score (nSPS) is 24.0. The first-order chi connectivity index (χ1) is 12.0. The van der Waals surface area contributed by atoms with Gasteiger partial charge in [-0.05, 0) is 30.9 Å². The summed E-state index contributed by atoms with van der Waals surface area (Å²) in [6.45, 7) is 6.33. The van der Waals surface area contributed by atoms with Crippen molar-refractivity contribution in [3.8, 4) is 0 Å². The molecular formula is C21H27N3O. The molecule has 4 heteroatoms. The van der Waals surface area contributed by atoms with Gasteiger partial charge in [-0.3, -0.25) is 10.2 Å². The second-order valence-electron chi connectivity index (χ2n) is 7.08. The molecule has 25 heavy (non-hydrogen) atoms. The van der Waals surface area contributed by atoms with Crippen LogP contribution in [0.1, 0.15) is 48.8 Å². The van der Waals surface area contributed by atoms with Gasteiger partial charge in [-0.2, -0.15) is 0 Å². The Morgan fingerprint density at radius 3 is 2.60 bits per heavy atom. The maximum absolute atomic E-state index is 12.6. The molecule has 1 saturated heterocycles. The lowest BCUT2D eigenvalue weighted by Gasteiger charge is -2.23. The van der Waals surface area contributed by atoms with Gasteiger partial charge >= 0.3 is 0 Å². The molecule has 0 aromatic heterocycles. The van der Waals surface area contributed by atoms with E-state index in [4.69, 9.17) is 0 Å². The zero-order chi connectivity index (χ0) is 17.8. The van der Waals surface area contributed by atoms with Crippen LogP contribution in [0.4, 0.5) is 0 Å². The van der Waals surface area contributed by atoms with Gasteiger partial charge in [-0.25, -0.2) is 5.43 Å². The molecule has 4 atom stereocenters. The molecule has 1 amide bonds. The Bertz CT molecular complexity index is 716. The molecule has 4 unspecified atom stereocenters. The Balaban J connectivity index is 1.65. The van der Waals surface area contributed by atoms with E-state index in [1.54, 1.807) is 0 Å². The van der Waals surface area contributed by atoms with E-state index in [2.05, 4.69) is 73.3 Å². The highest BCUT2D eigenvalue weighted by atomic mass is 16.1. The Labute approximate surface area is 150 Å². The SMILES string of the molecule is Cc1cccc(C2C(C)NNC2NC(=O)CC(C)c2ccccc2)c1. The molecule has 3 rings (SSSR count). The molecule has 1 aliphatic rings. The number of hydrazine groups is 1. The number of nitrogens with one attached hydrogen (secondary N) is 3. The molecule has 1 heterocycles. The summed E-state index contributed by atoms with van der Waals surface area (Å²) < 4.78 is 0. The third-order valence-electron chi connectivity index (χ3n) is 4.97. The maximum Gasteiger partial charge on any atom is 0.221 e. The first kappa shape index (κ1) is 17.6. The summed E-state index contributed by atoms with van der Waals surface area (Å²) in [5.74, 6) is 0.476. The van der Waals surface area contributed by atoms with Crippen LogP contribution in [0.15, 0.2) is 54.6 Å². The van der Waals surface area contributed by atoms with Gasteiger partial charge in [-0.1, -0.05) is 67.1 Å². The van der Waals surface area contributed by atoms with Gasteiger partial charge in [-0.15, -0.1) is 0 Å². The number of amides is 1. The van der Waals surface area contributed by atoms with Crippen molar-refractivity contribution in [2.45, 2.75) is 51.2 Å². The van der Waals surface area contributed by atoms with Gasteiger partial charge in [0.1, 0.15) is 6.17 Å². The highest BCUT2D eigenvalue weighted by molar-refractivity contribution is 5.77. The van der Waals surface area contributed by atoms with Crippen molar-refractivity contribution in [3.63, 3.8) is 0 Å². The summed E-state index contributed by atoms with van der Waals surface area (Å²) in [5, 5.41) is 3.17. The van der Waals surface area contributed by atoms with Crippen LogP contribution in [-0.2, 0) is 4.79 Å². The van der Waals surface area contributed by atoms with Crippen LogP contribution in [0.3, 0.4) is 0 Å². The van der Waals surface area contributed by atoms with Crippen LogP contribution < -0.4 is 16.2 Å². The lowest BCUT2D eigenvalue weighted by atomic mass is 9.90. The van der Waals surface area contributed by atoms with Gasteiger partial charge < -0.3 is 5.32 Å². The van der Waals surface area contributed by atoms with Crippen LogP contribution in [0.25, 0.3) is 0 Å². The number of hydrogen-bond donors (Lipinski definition) is 3.